The van der Waals surface area contributed by atoms with Crippen molar-refractivity contribution in [1.29, 1.82) is 0 Å². The second kappa shape index (κ2) is 6.34. The second-order valence-corrected chi connectivity index (χ2v) is 5.10. The molecule has 0 saturated heterocycles. The minimum Gasteiger partial charge on any atom is -0.384 e. The van der Waals surface area contributed by atoms with Crippen molar-refractivity contribution >= 4 is 11.7 Å². The van der Waals surface area contributed by atoms with Gasteiger partial charge in [0.15, 0.2) is 5.82 Å². The van der Waals surface area contributed by atoms with E-state index >= 15 is 0 Å². The lowest BCUT2D eigenvalue weighted by Gasteiger charge is -2.09. The van der Waals surface area contributed by atoms with Crippen LogP contribution in [-0.4, -0.2) is 27.6 Å². The van der Waals surface area contributed by atoms with E-state index in [1.165, 1.54) is 0 Å². The van der Waals surface area contributed by atoms with Gasteiger partial charge in [-0.25, -0.2) is 4.98 Å². The molecule has 0 spiro atoms. The molecule has 0 fully saturated rings. The Labute approximate surface area is 122 Å². The molecule has 21 heavy (non-hydrogen) atoms. The molecule has 7 nitrogen and oxygen atoms in total. The zero-order valence-electron chi connectivity index (χ0n) is 12.4. The highest BCUT2D eigenvalue weighted by Crippen LogP contribution is 2.15. The van der Waals surface area contributed by atoms with Gasteiger partial charge in [0.25, 0.3) is 5.91 Å². The fourth-order valence-corrected chi connectivity index (χ4v) is 1.83. The summed E-state index contributed by atoms with van der Waals surface area (Å²) in [5.41, 5.74) is 7.04. The Morgan fingerprint density at radius 3 is 2.76 bits per heavy atom. The number of amides is 1. The van der Waals surface area contributed by atoms with Crippen LogP contribution in [0.2, 0.25) is 0 Å². The Morgan fingerprint density at radius 2 is 2.14 bits per heavy atom. The molecule has 2 aromatic heterocycles. The number of pyridine rings is 1. The first-order valence-electron chi connectivity index (χ1n) is 6.80. The molecule has 0 unspecified atom stereocenters. The first kappa shape index (κ1) is 15.0. The Bertz CT molecular complexity index is 636. The molecule has 0 atom stereocenters. The van der Waals surface area contributed by atoms with Crippen LogP contribution in [0.15, 0.2) is 16.7 Å². The molecule has 7 heteroatoms. The van der Waals surface area contributed by atoms with E-state index < -0.39 is 0 Å². The van der Waals surface area contributed by atoms with Crippen LogP contribution in [0.25, 0.3) is 0 Å². The average Bonchev–Trinajstić information content (AvgIpc) is 2.83. The van der Waals surface area contributed by atoms with Crippen molar-refractivity contribution in [3.63, 3.8) is 0 Å². The molecule has 3 N–H and O–H groups in total. The van der Waals surface area contributed by atoms with Crippen molar-refractivity contribution in [1.82, 2.24) is 20.4 Å². The van der Waals surface area contributed by atoms with Gasteiger partial charge in [0.1, 0.15) is 5.82 Å². The summed E-state index contributed by atoms with van der Waals surface area (Å²) >= 11 is 0. The van der Waals surface area contributed by atoms with Gasteiger partial charge in [-0.3, -0.25) is 4.79 Å². The van der Waals surface area contributed by atoms with Gasteiger partial charge in [0.05, 0.1) is 0 Å². The van der Waals surface area contributed by atoms with Crippen LogP contribution in [-0.2, 0) is 6.42 Å². The summed E-state index contributed by atoms with van der Waals surface area (Å²) in [7, 11) is 0. The monoisotopic (exact) mass is 289 g/mol. The number of anilines is 1. The van der Waals surface area contributed by atoms with Gasteiger partial charge in [-0.05, 0) is 25.0 Å². The van der Waals surface area contributed by atoms with Crippen molar-refractivity contribution in [3.05, 3.63) is 35.1 Å². The van der Waals surface area contributed by atoms with E-state index in [0.29, 0.717) is 36.1 Å². The van der Waals surface area contributed by atoms with Crippen molar-refractivity contribution < 1.29 is 9.32 Å². The maximum Gasteiger partial charge on any atom is 0.251 e. The maximum absolute atomic E-state index is 12.1. The summed E-state index contributed by atoms with van der Waals surface area (Å²) in [5.74, 6) is 1.45. The predicted octanol–water partition coefficient (Wildman–Crippen LogP) is 1.45. The predicted molar refractivity (Wildman–Crippen MR) is 77.8 cm³/mol. The molecule has 1 amide bonds. The van der Waals surface area contributed by atoms with E-state index in [9.17, 15) is 4.79 Å². The number of nitrogens with two attached hydrogens (primary N) is 1. The van der Waals surface area contributed by atoms with Crippen LogP contribution in [0.4, 0.5) is 5.82 Å². The number of nitrogens with zero attached hydrogens (tertiary/aromatic N) is 3. The summed E-state index contributed by atoms with van der Waals surface area (Å²) in [4.78, 5) is 20.4. The zero-order valence-corrected chi connectivity index (χ0v) is 12.4. The van der Waals surface area contributed by atoms with Crippen LogP contribution in [0, 0.1) is 6.92 Å². The molecule has 0 bridgehead atoms. The maximum atomic E-state index is 12.1. The first-order valence-corrected chi connectivity index (χ1v) is 6.80. The molecule has 0 aliphatic heterocycles. The SMILES string of the molecule is Cc1noc(CCNC(=O)c2cc(N)nc(C(C)C)c2)n1. The molecule has 2 heterocycles. The van der Waals surface area contributed by atoms with Gasteiger partial charge in [0.2, 0.25) is 5.89 Å². The van der Waals surface area contributed by atoms with Crippen LogP contribution in [0.5, 0.6) is 0 Å². The number of hydrogen-bond acceptors (Lipinski definition) is 6. The van der Waals surface area contributed by atoms with E-state index in [1.54, 1.807) is 19.1 Å². The molecule has 112 valence electrons. The van der Waals surface area contributed by atoms with Crippen molar-refractivity contribution in [2.45, 2.75) is 33.1 Å². The Hall–Kier alpha value is -2.44. The van der Waals surface area contributed by atoms with Crippen LogP contribution < -0.4 is 11.1 Å². The molecule has 0 radical (unpaired) electrons. The topological polar surface area (TPSA) is 107 Å². The minimum absolute atomic E-state index is 0.192. The summed E-state index contributed by atoms with van der Waals surface area (Å²) in [6.07, 6.45) is 0.490. The lowest BCUT2D eigenvalue weighted by molar-refractivity contribution is 0.0953. The lowest BCUT2D eigenvalue weighted by atomic mass is 10.1. The lowest BCUT2D eigenvalue weighted by Crippen LogP contribution is -2.26. The van der Waals surface area contributed by atoms with E-state index in [0.717, 1.165) is 5.69 Å². The molecule has 0 saturated carbocycles. The van der Waals surface area contributed by atoms with Gasteiger partial charge in [-0.2, -0.15) is 4.98 Å². The Balaban J connectivity index is 1.96. The fraction of sp³-hybridized carbons (Fsp3) is 0.429. The number of carbonyl (C=O) groups excluding carboxylic acids is 1. The van der Waals surface area contributed by atoms with Gasteiger partial charge < -0.3 is 15.6 Å². The number of nitrogen functional groups attached to an aromatic ring is 1. The highest BCUT2D eigenvalue weighted by Gasteiger charge is 2.11. The van der Waals surface area contributed by atoms with Gasteiger partial charge in [-0.1, -0.05) is 19.0 Å². The number of carbonyl (C=O) groups is 1. The van der Waals surface area contributed by atoms with Gasteiger partial charge in [-0.15, -0.1) is 0 Å². The van der Waals surface area contributed by atoms with Gasteiger partial charge >= 0.3 is 0 Å². The number of hydrogen-bond donors (Lipinski definition) is 2. The van der Waals surface area contributed by atoms with E-state index in [4.69, 9.17) is 10.3 Å². The molecular formula is C14H19N5O2. The zero-order chi connectivity index (χ0) is 15.4. The quantitative estimate of drug-likeness (QED) is 0.862. The third-order valence-electron chi connectivity index (χ3n) is 2.91. The first-order chi connectivity index (χ1) is 9.95. The number of rotatable bonds is 5. The Kier molecular flexibility index (Phi) is 4.52. The van der Waals surface area contributed by atoms with E-state index in [1.807, 2.05) is 13.8 Å². The molecule has 0 aromatic carbocycles. The number of nitrogens with one attached hydrogen (secondary N) is 1. The molecule has 0 aliphatic carbocycles. The summed E-state index contributed by atoms with van der Waals surface area (Å²) < 4.78 is 4.98. The Morgan fingerprint density at radius 1 is 1.38 bits per heavy atom. The minimum atomic E-state index is -0.192. The third kappa shape index (κ3) is 4.01. The molecule has 0 aliphatic rings. The molecule has 2 aromatic rings. The van der Waals surface area contributed by atoms with E-state index in [-0.39, 0.29) is 11.8 Å². The van der Waals surface area contributed by atoms with Gasteiger partial charge in [0, 0.05) is 24.2 Å². The van der Waals surface area contributed by atoms with Crippen molar-refractivity contribution in [2.24, 2.45) is 0 Å². The summed E-state index contributed by atoms with van der Waals surface area (Å²) in [6.45, 7) is 6.17. The molecular weight excluding hydrogens is 270 g/mol. The standard InChI is InChI=1S/C14H19N5O2/c1-8(2)11-6-10(7-12(15)18-11)14(20)16-5-4-13-17-9(3)19-21-13/h6-8H,4-5H2,1-3H3,(H2,15,18)(H,16,20). The normalized spacial score (nSPS) is 10.9. The summed E-state index contributed by atoms with van der Waals surface area (Å²) in [6, 6.07) is 3.32. The van der Waals surface area contributed by atoms with Crippen LogP contribution in [0.1, 0.15) is 47.5 Å². The van der Waals surface area contributed by atoms with Crippen LogP contribution >= 0.6 is 0 Å². The molecule has 2 rings (SSSR count). The number of aryl methyl sites for hydroxylation is 1. The highest BCUT2D eigenvalue weighted by atomic mass is 16.5. The fourth-order valence-electron chi connectivity index (χ4n) is 1.83. The summed E-state index contributed by atoms with van der Waals surface area (Å²) in [5, 5.41) is 6.49. The third-order valence-corrected chi connectivity index (χ3v) is 2.91. The second-order valence-electron chi connectivity index (χ2n) is 5.10. The number of aromatic nitrogens is 3. The van der Waals surface area contributed by atoms with Crippen LogP contribution in [0.3, 0.4) is 0 Å². The smallest absolute Gasteiger partial charge is 0.251 e. The van der Waals surface area contributed by atoms with E-state index in [2.05, 4.69) is 20.4 Å². The average molecular weight is 289 g/mol. The largest absolute Gasteiger partial charge is 0.384 e. The van der Waals surface area contributed by atoms with Crippen molar-refractivity contribution in [2.75, 3.05) is 12.3 Å². The highest BCUT2D eigenvalue weighted by molar-refractivity contribution is 5.94. The van der Waals surface area contributed by atoms with Crippen molar-refractivity contribution in [3.8, 4) is 0 Å².